The fourth-order valence-electron chi connectivity index (χ4n) is 5.70. The van der Waals surface area contributed by atoms with E-state index >= 15 is 0 Å². The molecule has 2 atom stereocenters. The molecule has 1 spiro atoms. The zero-order chi connectivity index (χ0) is 25.2. The van der Waals surface area contributed by atoms with Crippen LogP contribution < -0.4 is 5.32 Å². The van der Waals surface area contributed by atoms with Crippen molar-refractivity contribution in [2.45, 2.75) is 48.6 Å². The van der Waals surface area contributed by atoms with Crippen molar-refractivity contribution in [2.75, 3.05) is 40.3 Å². The van der Waals surface area contributed by atoms with Gasteiger partial charge in [-0.1, -0.05) is 60.5 Å². The average Bonchev–Trinajstić information content (AvgIpc) is 3.14. The fraction of sp³-hybridized carbons (Fsp3) is 0.519. The Bertz CT molecular complexity index is 1060. The molecule has 5 nitrogen and oxygen atoms in total. The van der Waals surface area contributed by atoms with Crippen molar-refractivity contribution in [2.24, 2.45) is 0 Å². The minimum absolute atomic E-state index is 0.104. The number of nitrogens with one attached hydrogen (secondary N) is 1. The zero-order valence-corrected chi connectivity index (χ0v) is 23.1. The van der Waals surface area contributed by atoms with E-state index in [1.165, 1.54) is 11.1 Å². The highest BCUT2D eigenvalue weighted by Gasteiger charge is 2.52. The molecule has 0 saturated carbocycles. The molecule has 1 N–H and O–H groups in total. The highest BCUT2D eigenvalue weighted by atomic mass is 35.5. The van der Waals surface area contributed by atoms with Gasteiger partial charge in [-0.3, -0.25) is 4.79 Å². The van der Waals surface area contributed by atoms with Crippen LogP contribution in [-0.2, 0) is 32.0 Å². The minimum atomic E-state index is -0.861. The molecule has 1 amide bonds. The number of likely N-dealkylation sites (N-methyl/N-ethyl adjacent to an activating group) is 2. The molecule has 2 aromatic carbocycles. The van der Waals surface area contributed by atoms with Gasteiger partial charge in [-0.25, -0.2) is 0 Å². The first kappa shape index (κ1) is 26.8. The lowest BCUT2D eigenvalue weighted by atomic mass is 9.84. The van der Waals surface area contributed by atoms with Crippen LogP contribution in [0.1, 0.15) is 49.3 Å². The number of fused-ring (bicyclic) bond motifs is 2. The summed E-state index contributed by atoms with van der Waals surface area (Å²) in [5, 5.41) is 4.55. The van der Waals surface area contributed by atoms with Crippen LogP contribution in [0.25, 0.3) is 0 Å². The Kier molecular flexibility index (Phi) is 8.41. The Morgan fingerprint density at radius 3 is 2.57 bits per heavy atom. The molecule has 8 heteroatoms. The highest BCUT2D eigenvalue weighted by Crippen LogP contribution is 2.48. The number of rotatable bonds is 8. The predicted octanol–water partition coefficient (Wildman–Crippen LogP) is 4.92. The van der Waals surface area contributed by atoms with Gasteiger partial charge in [0.15, 0.2) is 4.75 Å². The maximum absolute atomic E-state index is 13.2. The standard InChI is InChI=1S/C27H35Cl2N3O2S/c1-4-25(33)31(3)19-26(30-2,21-9-10-23(28)24(29)17-21)11-14-32-15-12-27(13-16-32)22-8-6-5-7-20(22)18-35(27)34/h5-10,17,30H,4,11-16,18-19H2,1-3H3/t26?,35-/m0/s1. The smallest absolute Gasteiger partial charge is 0.222 e. The molecule has 0 bridgehead atoms. The van der Waals surface area contributed by atoms with Crippen molar-refractivity contribution in [1.82, 2.24) is 15.1 Å². The SMILES string of the molecule is CCC(=O)N(C)CC(CCN1CCC2(CC1)c1ccccc1C[S@+]2[O-])(NC)c1ccc(Cl)c(Cl)c1. The molecule has 0 aromatic heterocycles. The van der Waals surface area contributed by atoms with Crippen LogP contribution in [0.4, 0.5) is 0 Å². The molecule has 2 aromatic rings. The average molecular weight is 537 g/mol. The number of likely N-dealkylation sites (tertiary alicyclic amines) is 1. The number of carbonyl (C=O) groups excluding carboxylic acids is 1. The third kappa shape index (κ3) is 5.25. The summed E-state index contributed by atoms with van der Waals surface area (Å²) in [6.45, 7) is 5.09. The number of carbonyl (C=O) groups is 1. The quantitative estimate of drug-likeness (QED) is 0.487. The van der Waals surface area contributed by atoms with Gasteiger partial charge in [0.2, 0.25) is 5.91 Å². The topological polar surface area (TPSA) is 58.6 Å². The van der Waals surface area contributed by atoms with E-state index in [4.69, 9.17) is 23.2 Å². The van der Waals surface area contributed by atoms with E-state index < -0.39 is 16.7 Å². The van der Waals surface area contributed by atoms with Crippen LogP contribution in [-0.4, -0.2) is 60.5 Å². The zero-order valence-electron chi connectivity index (χ0n) is 20.8. The van der Waals surface area contributed by atoms with Crippen LogP contribution in [0, 0.1) is 0 Å². The molecule has 1 unspecified atom stereocenters. The Morgan fingerprint density at radius 2 is 1.91 bits per heavy atom. The van der Waals surface area contributed by atoms with E-state index in [0.29, 0.717) is 28.8 Å². The molecule has 4 rings (SSSR count). The van der Waals surface area contributed by atoms with Gasteiger partial charge in [-0.2, -0.15) is 0 Å². The van der Waals surface area contributed by atoms with E-state index in [1.54, 1.807) is 4.90 Å². The number of hydrogen-bond acceptors (Lipinski definition) is 4. The van der Waals surface area contributed by atoms with Crippen molar-refractivity contribution in [3.63, 3.8) is 0 Å². The molecule has 2 aliphatic heterocycles. The maximum atomic E-state index is 13.2. The largest absolute Gasteiger partial charge is 0.615 e. The summed E-state index contributed by atoms with van der Waals surface area (Å²) < 4.78 is 13.0. The van der Waals surface area contributed by atoms with Crippen molar-refractivity contribution < 1.29 is 9.35 Å². The fourth-order valence-corrected chi connectivity index (χ4v) is 7.89. The molecular formula is C27H35Cl2N3O2S. The van der Waals surface area contributed by atoms with Crippen molar-refractivity contribution in [3.05, 3.63) is 69.2 Å². The van der Waals surface area contributed by atoms with Crippen molar-refractivity contribution in [1.29, 1.82) is 0 Å². The number of hydrogen-bond donors (Lipinski definition) is 1. The molecule has 1 fully saturated rings. The van der Waals surface area contributed by atoms with Gasteiger partial charge in [-0.15, -0.1) is 0 Å². The van der Waals surface area contributed by atoms with Gasteiger partial charge < -0.3 is 19.7 Å². The van der Waals surface area contributed by atoms with Crippen LogP contribution in [0.5, 0.6) is 0 Å². The van der Waals surface area contributed by atoms with Crippen LogP contribution in [0.15, 0.2) is 42.5 Å². The summed E-state index contributed by atoms with van der Waals surface area (Å²) in [7, 11) is 3.80. The lowest BCUT2D eigenvalue weighted by Crippen LogP contribution is -2.52. The molecule has 0 radical (unpaired) electrons. The van der Waals surface area contributed by atoms with Gasteiger partial charge in [0.1, 0.15) is 5.75 Å². The van der Waals surface area contributed by atoms with E-state index in [-0.39, 0.29) is 10.7 Å². The molecule has 2 heterocycles. The summed E-state index contributed by atoms with van der Waals surface area (Å²) in [6, 6.07) is 14.2. The third-order valence-corrected chi connectivity index (χ3v) is 10.7. The number of nitrogens with zero attached hydrogens (tertiary/aromatic N) is 2. The molecule has 2 aliphatic rings. The summed E-state index contributed by atoms with van der Waals surface area (Å²) >= 11 is 11.7. The third-order valence-electron chi connectivity index (χ3n) is 7.94. The van der Waals surface area contributed by atoms with Gasteiger partial charge in [0.05, 0.1) is 15.6 Å². The number of halogens is 2. The van der Waals surface area contributed by atoms with E-state index in [0.717, 1.165) is 44.5 Å². The lowest BCUT2D eigenvalue weighted by molar-refractivity contribution is -0.130. The normalized spacial score (nSPS) is 21.0. The van der Waals surface area contributed by atoms with Gasteiger partial charge in [0.25, 0.3) is 0 Å². The molecule has 190 valence electrons. The van der Waals surface area contributed by atoms with Gasteiger partial charge in [-0.05, 0) is 42.3 Å². The number of piperidine rings is 1. The number of amides is 1. The summed E-state index contributed by atoms with van der Waals surface area (Å²) in [6.07, 6.45) is 3.08. The maximum Gasteiger partial charge on any atom is 0.222 e. The second-order valence-corrected chi connectivity index (χ2v) is 12.4. The van der Waals surface area contributed by atoms with E-state index in [9.17, 15) is 9.35 Å². The second kappa shape index (κ2) is 11.0. The monoisotopic (exact) mass is 535 g/mol. The highest BCUT2D eigenvalue weighted by molar-refractivity contribution is 7.92. The first-order chi connectivity index (χ1) is 16.7. The Morgan fingerprint density at radius 1 is 1.20 bits per heavy atom. The van der Waals surface area contributed by atoms with Crippen LogP contribution in [0.2, 0.25) is 10.0 Å². The van der Waals surface area contributed by atoms with Gasteiger partial charge in [0, 0.05) is 63.6 Å². The molecule has 35 heavy (non-hydrogen) atoms. The molecule has 0 aliphatic carbocycles. The van der Waals surface area contributed by atoms with Crippen LogP contribution >= 0.6 is 23.2 Å². The predicted molar refractivity (Wildman–Crippen MR) is 145 cm³/mol. The van der Waals surface area contributed by atoms with E-state index in [2.05, 4.69) is 28.4 Å². The van der Waals surface area contributed by atoms with Gasteiger partial charge >= 0.3 is 0 Å². The summed E-state index contributed by atoms with van der Waals surface area (Å²) in [5.74, 6) is 0.778. The van der Waals surface area contributed by atoms with Crippen molar-refractivity contribution in [3.8, 4) is 0 Å². The van der Waals surface area contributed by atoms with Crippen molar-refractivity contribution >= 4 is 40.3 Å². The lowest BCUT2D eigenvalue weighted by Gasteiger charge is -2.42. The Hall–Kier alpha value is -1.28. The Balaban J connectivity index is 1.50. The first-order valence-corrected chi connectivity index (χ1v) is 14.4. The summed E-state index contributed by atoms with van der Waals surface area (Å²) in [5.41, 5.74) is 3.09. The number of benzene rings is 2. The first-order valence-electron chi connectivity index (χ1n) is 12.3. The second-order valence-electron chi connectivity index (χ2n) is 9.80. The Labute approximate surface area is 222 Å². The van der Waals surface area contributed by atoms with Crippen LogP contribution in [0.3, 0.4) is 0 Å². The summed E-state index contributed by atoms with van der Waals surface area (Å²) in [4.78, 5) is 16.7. The minimum Gasteiger partial charge on any atom is -0.615 e. The molecular weight excluding hydrogens is 501 g/mol. The molecule has 1 saturated heterocycles. The van der Waals surface area contributed by atoms with E-state index in [1.807, 2.05) is 45.3 Å².